The van der Waals surface area contributed by atoms with Crippen LogP contribution in [-0.2, 0) is 11.2 Å². The first kappa shape index (κ1) is 19.7. The van der Waals surface area contributed by atoms with E-state index in [1.807, 2.05) is 30.3 Å². The van der Waals surface area contributed by atoms with E-state index in [1.165, 1.54) is 18.5 Å². The predicted molar refractivity (Wildman–Crippen MR) is 116 cm³/mol. The van der Waals surface area contributed by atoms with Crippen LogP contribution in [0, 0.1) is 5.82 Å². The SMILES string of the molecule is O=C(CC(=S)Nc1ccc(Oc2ncnc3[nH]ccc23)c(F)c1)Cc1ccccc1. The first-order chi connectivity index (χ1) is 14.6. The molecule has 0 fully saturated rings. The minimum absolute atomic E-state index is 0.0154. The van der Waals surface area contributed by atoms with E-state index >= 15 is 0 Å². The van der Waals surface area contributed by atoms with Crippen LogP contribution in [-0.4, -0.2) is 25.7 Å². The topological polar surface area (TPSA) is 79.9 Å². The van der Waals surface area contributed by atoms with Crippen molar-refractivity contribution in [2.45, 2.75) is 12.8 Å². The van der Waals surface area contributed by atoms with E-state index in [4.69, 9.17) is 17.0 Å². The Labute approximate surface area is 177 Å². The number of nitrogens with zero attached hydrogens (tertiary/aromatic N) is 2. The van der Waals surface area contributed by atoms with Gasteiger partial charge in [-0.05, 0) is 23.8 Å². The van der Waals surface area contributed by atoms with Crippen molar-refractivity contribution in [2.75, 3.05) is 5.32 Å². The van der Waals surface area contributed by atoms with Crippen molar-refractivity contribution in [3.63, 3.8) is 0 Å². The van der Waals surface area contributed by atoms with Crippen LogP contribution in [0.15, 0.2) is 67.1 Å². The van der Waals surface area contributed by atoms with Gasteiger partial charge in [-0.25, -0.2) is 14.4 Å². The fourth-order valence-electron chi connectivity index (χ4n) is 2.97. The summed E-state index contributed by atoms with van der Waals surface area (Å²) in [7, 11) is 0. The molecule has 6 nitrogen and oxygen atoms in total. The molecular weight excluding hydrogens is 403 g/mol. The molecule has 0 saturated heterocycles. The number of ether oxygens (including phenoxy) is 1. The first-order valence-corrected chi connectivity index (χ1v) is 9.60. The fraction of sp³-hybridized carbons (Fsp3) is 0.0909. The molecule has 2 aromatic heterocycles. The quantitative estimate of drug-likeness (QED) is 0.417. The maximum absolute atomic E-state index is 14.5. The lowest BCUT2D eigenvalue weighted by atomic mass is 10.1. The molecule has 0 saturated carbocycles. The Balaban J connectivity index is 1.39. The van der Waals surface area contributed by atoms with Crippen molar-refractivity contribution in [3.05, 3.63) is 78.5 Å². The van der Waals surface area contributed by atoms with Crippen molar-refractivity contribution in [1.29, 1.82) is 0 Å². The van der Waals surface area contributed by atoms with Gasteiger partial charge in [-0.3, -0.25) is 4.79 Å². The summed E-state index contributed by atoms with van der Waals surface area (Å²) in [5.74, 6) is -0.324. The van der Waals surface area contributed by atoms with Crippen LogP contribution in [0.5, 0.6) is 11.6 Å². The van der Waals surface area contributed by atoms with Gasteiger partial charge in [0.25, 0.3) is 0 Å². The highest BCUT2D eigenvalue weighted by atomic mass is 32.1. The molecule has 8 heteroatoms. The largest absolute Gasteiger partial charge is 0.435 e. The Kier molecular flexibility index (Phi) is 5.76. The average molecular weight is 420 g/mol. The zero-order valence-electron chi connectivity index (χ0n) is 15.8. The maximum Gasteiger partial charge on any atom is 0.231 e. The second-order valence-corrected chi connectivity index (χ2v) is 7.08. The number of halogens is 1. The molecule has 0 radical (unpaired) electrons. The highest BCUT2D eigenvalue weighted by molar-refractivity contribution is 7.80. The van der Waals surface area contributed by atoms with Crippen molar-refractivity contribution < 1.29 is 13.9 Å². The van der Waals surface area contributed by atoms with Gasteiger partial charge in [0.15, 0.2) is 11.6 Å². The van der Waals surface area contributed by atoms with Gasteiger partial charge in [0.1, 0.15) is 17.8 Å². The molecule has 0 aliphatic heterocycles. The van der Waals surface area contributed by atoms with Gasteiger partial charge in [-0.15, -0.1) is 0 Å². The van der Waals surface area contributed by atoms with Crippen LogP contribution in [0.25, 0.3) is 11.0 Å². The van der Waals surface area contributed by atoms with E-state index in [2.05, 4.69) is 20.3 Å². The third kappa shape index (κ3) is 4.66. The van der Waals surface area contributed by atoms with Gasteiger partial charge in [-0.1, -0.05) is 42.5 Å². The highest BCUT2D eigenvalue weighted by Gasteiger charge is 2.12. The number of fused-ring (bicyclic) bond motifs is 1. The molecule has 0 amide bonds. The Morgan fingerprint density at radius 2 is 1.97 bits per heavy atom. The number of H-pyrrole nitrogens is 1. The van der Waals surface area contributed by atoms with Crippen LogP contribution >= 0.6 is 12.2 Å². The fourth-order valence-corrected chi connectivity index (χ4v) is 3.24. The van der Waals surface area contributed by atoms with Gasteiger partial charge < -0.3 is 15.0 Å². The van der Waals surface area contributed by atoms with E-state index in [0.717, 1.165) is 5.56 Å². The van der Waals surface area contributed by atoms with E-state index in [9.17, 15) is 9.18 Å². The monoisotopic (exact) mass is 420 g/mol. The molecule has 2 N–H and O–H groups in total. The summed E-state index contributed by atoms with van der Waals surface area (Å²) in [5.41, 5.74) is 1.97. The molecule has 0 aliphatic rings. The average Bonchev–Trinajstić information content (AvgIpc) is 3.20. The number of benzene rings is 2. The lowest BCUT2D eigenvalue weighted by Crippen LogP contribution is -2.16. The van der Waals surface area contributed by atoms with E-state index in [1.54, 1.807) is 18.3 Å². The molecule has 0 bridgehead atoms. The normalized spacial score (nSPS) is 10.7. The number of hydrogen-bond donors (Lipinski definition) is 2. The van der Waals surface area contributed by atoms with Gasteiger partial charge in [0, 0.05) is 24.4 Å². The van der Waals surface area contributed by atoms with Crippen molar-refractivity contribution >= 4 is 39.7 Å². The lowest BCUT2D eigenvalue weighted by molar-refractivity contribution is -0.117. The molecule has 0 unspecified atom stereocenters. The third-order valence-electron chi connectivity index (χ3n) is 4.34. The van der Waals surface area contributed by atoms with Crippen molar-refractivity contribution in [1.82, 2.24) is 15.0 Å². The number of thiocarbonyl (C=S) groups is 1. The van der Waals surface area contributed by atoms with Crippen LogP contribution < -0.4 is 10.1 Å². The number of anilines is 1. The Hall–Kier alpha value is -3.65. The molecular formula is C22H17FN4O2S. The van der Waals surface area contributed by atoms with Gasteiger partial charge in [0.2, 0.25) is 5.88 Å². The number of hydrogen-bond acceptors (Lipinski definition) is 5. The second kappa shape index (κ2) is 8.79. The summed E-state index contributed by atoms with van der Waals surface area (Å²) in [6.45, 7) is 0. The van der Waals surface area contributed by atoms with Crippen LogP contribution in [0.2, 0.25) is 0 Å². The number of nitrogens with one attached hydrogen (secondary N) is 2. The van der Waals surface area contributed by atoms with Gasteiger partial charge in [0.05, 0.1) is 16.8 Å². The summed E-state index contributed by atoms with van der Waals surface area (Å²) >= 11 is 5.25. The van der Waals surface area contributed by atoms with Gasteiger partial charge in [-0.2, -0.15) is 0 Å². The molecule has 30 heavy (non-hydrogen) atoms. The minimum atomic E-state index is -0.583. The summed E-state index contributed by atoms with van der Waals surface area (Å²) in [5, 5.41) is 3.55. The number of rotatable bonds is 7. The number of carbonyl (C=O) groups is 1. The highest BCUT2D eigenvalue weighted by Crippen LogP contribution is 2.29. The standard InChI is InChI=1S/C22H17FN4O2S/c23-18-11-15(27-20(30)12-16(28)10-14-4-2-1-3-5-14)6-7-19(18)29-22-17-8-9-24-21(17)25-13-26-22/h1-9,11,13H,10,12H2,(H,27,30)(H,24,25,26). The van der Waals surface area contributed by atoms with Gasteiger partial charge >= 0.3 is 0 Å². The molecule has 0 aliphatic carbocycles. The van der Waals surface area contributed by atoms with E-state index < -0.39 is 5.82 Å². The Bertz CT molecular complexity index is 1210. The number of Topliss-reactive ketones (excluding diaryl/α,β-unsaturated/α-hetero) is 1. The Morgan fingerprint density at radius 1 is 1.13 bits per heavy atom. The van der Waals surface area contributed by atoms with E-state index in [-0.39, 0.29) is 23.8 Å². The molecule has 4 rings (SSSR count). The Morgan fingerprint density at radius 3 is 2.77 bits per heavy atom. The zero-order chi connectivity index (χ0) is 20.9. The summed E-state index contributed by atoms with van der Waals surface area (Å²) in [6.07, 6.45) is 3.43. The third-order valence-corrected chi connectivity index (χ3v) is 4.59. The van der Waals surface area contributed by atoms with E-state index in [0.29, 0.717) is 28.1 Å². The lowest BCUT2D eigenvalue weighted by Gasteiger charge is -2.10. The molecule has 2 heterocycles. The van der Waals surface area contributed by atoms with Crippen LogP contribution in [0.1, 0.15) is 12.0 Å². The van der Waals surface area contributed by atoms with Crippen molar-refractivity contribution in [2.24, 2.45) is 0 Å². The second-order valence-electron chi connectivity index (χ2n) is 6.59. The summed E-state index contributed by atoms with van der Waals surface area (Å²) in [6, 6.07) is 15.6. The summed E-state index contributed by atoms with van der Waals surface area (Å²) in [4.78, 5) is 23.6. The van der Waals surface area contributed by atoms with Crippen molar-refractivity contribution in [3.8, 4) is 11.6 Å². The smallest absolute Gasteiger partial charge is 0.231 e. The maximum atomic E-state index is 14.5. The van der Waals surface area contributed by atoms with Crippen LogP contribution in [0.4, 0.5) is 10.1 Å². The predicted octanol–water partition coefficient (Wildman–Crippen LogP) is 4.83. The number of ketones is 1. The molecule has 0 spiro atoms. The molecule has 0 atom stereocenters. The number of aromatic amines is 1. The molecule has 4 aromatic rings. The van der Waals surface area contributed by atoms with Crippen LogP contribution in [0.3, 0.4) is 0 Å². The molecule has 150 valence electrons. The first-order valence-electron chi connectivity index (χ1n) is 9.19. The summed E-state index contributed by atoms with van der Waals surface area (Å²) < 4.78 is 20.1. The minimum Gasteiger partial charge on any atom is -0.435 e. The zero-order valence-corrected chi connectivity index (χ0v) is 16.6. The number of aromatic nitrogens is 3. The molecule has 2 aromatic carbocycles. The number of carbonyl (C=O) groups excluding carboxylic acids is 1.